The van der Waals surface area contributed by atoms with Crippen LogP contribution in [0.2, 0.25) is 0 Å². The molecule has 2 N–H and O–H groups in total. The van der Waals surface area contributed by atoms with Crippen molar-refractivity contribution in [2.45, 2.75) is 19.4 Å². The molecule has 1 aliphatic heterocycles. The number of aromatic nitrogens is 3. The zero-order chi connectivity index (χ0) is 13.1. The van der Waals surface area contributed by atoms with E-state index in [0.717, 1.165) is 30.8 Å². The molecule has 6 heteroatoms. The predicted molar refractivity (Wildman–Crippen MR) is 71.9 cm³/mol. The standard InChI is InChI=1S/C13H15N5O/c19-13(9-18-7-6-15-17-18)16-11-4-3-10-2-1-5-14-12(10)8-11/h3-4,6-8,14H,1-2,5,9H2,(H,16,19). The molecule has 2 heterocycles. The van der Waals surface area contributed by atoms with E-state index in [2.05, 4.69) is 27.0 Å². The highest BCUT2D eigenvalue weighted by Crippen LogP contribution is 2.25. The van der Waals surface area contributed by atoms with Gasteiger partial charge in [-0.25, -0.2) is 4.68 Å². The highest BCUT2D eigenvalue weighted by atomic mass is 16.2. The molecule has 0 unspecified atom stereocenters. The highest BCUT2D eigenvalue weighted by molar-refractivity contribution is 5.91. The lowest BCUT2D eigenvalue weighted by Crippen LogP contribution is -2.19. The quantitative estimate of drug-likeness (QED) is 0.868. The molecule has 0 atom stereocenters. The van der Waals surface area contributed by atoms with Crippen LogP contribution in [0.3, 0.4) is 0 Å². The van der Waals surface area contributed by atoms with E-state index in [1.54, 1.807) is 12.4 Å². The molecule has 0 fully saturated rings. The van der Waals surface area contributed by atoms with Crippen LogP contribution < -0.4 is 10.6 Å². The molecular formula is C13H15N5O. The van der Waals surface area contributed by atoms with Crippen molar-refractivity contribution >= 4 is 17.3 Å². The SMILES string of the molecule is O=C(Cn1ccnn1)Nc1ccc2c(c1)NCCC2. The fraction of sp³-hybridized carbons (Fsp3) is 0.308. The number of aryl methyl sites for hydroxylation is 1. The Balaban J connectivity index is 1.67. The van der Waals surface area contributed by atoms with Crippen molar-refractivity contribution in [2.24, 2.45) is 0 Å². The van der Waals surface area contributed by atoms with Crippen molar-refractivity contribution in [1.82, 2.24) is 15.0 Å². The molecule has 0 radical (unpaired) electrons. The Morgan fingerprint density at radius 1 is 1.47 bits per heavy atom. The second-order valence-corrected chi connectivity index (χ2v) is 4.55. The molecule has 0 aliphatic carbocycles. The first-order valence-electron chi connectivity index (χ1n) is 6.32. The maximum absolute atomic E-state index is 11.8. The van der Waals surface area contributed by atoms with E-state index in [9.17, 15) is 4.79 Å². The van der Waals surface area contributed by atoms with Gasteiger partial charge in [0.05, 0.1) is 6.20 Å². The summed E-state index contributed by atoms with van der Waals surface area (Å²) in [6.45, 7) is 1.16. The second kappa shape index (κ2) is 5.09. The molecular weight excluding hydrogens is 242 g/mol. The highest BCUT2D eigenvalue weighted by Gasteiger charge is 2.10. The van der Waals surface area contributed by atoms with Crippen molar-refractivity contribution in [3.63, 3.8) is 0 Å². The molecule has 0 saturated heterocycles. The molecule has 0 saturated carbocycles. The summed E-state index contributed by atoms with van der Waals surface area (Å²) in [7, 11) is 0. The number of anilines is 2. The van der Waals surface area contributed by atoms with Crippen molar-refractivity contribution in [2.75, 3.05) is 17.2 Å². The molecule has 1 amide bonds. The van der Waals surface area contributed by atoms with Gasteiger partial charge in [-0.1, -0.05) is 11.3 Å². The Morgan fingerprint density at radius 3 is 3.26 bits per heavy atom. The lowest BCUT2D eigenvalue weighted by atomic mass is 10.0. The summed E-state index contributed by atoms with van der Waals surface area (Å²) in [4.78, 5) is 11.8. The number of rotatable bonds is 3. The first kappa shape index (κ1) is 11.7. The van der Waals surface area contributed by atoms with E-state index < -0.39 is 0 Å². The summed E-state index contributed by atoms with van der Waals surface area (Å²) in [5, 5.41) is 13.6. The number of carbonyl (C=O) groups excluding carboxylic acids is 1. The van der Waals surface area contributed by atoms with E-state index in [1.807, 2.05) is 12.1 Å². The van der Waals surface area contributed by atoms with E-state index in [4.69, 9.17) is 0 Å². The van der Waals surface area contributed by atoms with E-state index >= 15 is 0 Å². The lowest BCUT2D eigenvalue weighted by molar-refractivity contribution is -0.116. The van der Waals surface area contributed by atoms with Crippen LogP contribution in [-0.2, 0) is 17.8 Å². The van der Waals surface area contributed by atoms with Gasteiger partial charge in [-0.2, -0.15) is 0 Å². The summed E-state index contributed by atoms with van der Waals surface area (Å²) >= 11 is 0. The summed E-state index contributed by atoms with van der Waals surface area (Å²) in [5.41, 5.74) is 3.23. The minimum absolute atomic E-state index is 0.110. The summed E-state index contributed by atoms with van der Waals surface area (Å²) in [6.07, 6.45) is 5.46. The molecule has 1 aromatic heterocycles. The van der Waals surface area contributed by atoms with Gasteiger partial charge in [-0.15, -0.1) is 5.10 Å². The normalized spacial score (nSPS) is 13.5. The Labute approximate surface area is 110 Å². The third-order valence-electron chi connectivity index (χ3n) is 3.11. The number of nitrogens with one attached hydrogen (secondary N) is 2. The molecule has 0 spiro atoms. The number of fused-ring (bicyclic) bond motifs is 1. The van der Waals surface area contributed by atoms with Gasteiger partial charge < -0.3 is 10.6 Å². The average Bonchev–Trinajstić information content (AvgIpc) is 2.91. The van der Waals surface area contributed by atoms with E-state index in [1.165, 1.54) is 10.2 Å². The number of carbonyl (C=O) groups is 1. The van der Waals surface area contributed by atoms with E-state index in [0.29, 0.717) is 0 Å². The fourth-order valence-electron chi connectivity index (χ4n) is 2.20. The largest absolute Gasteiger partial charge is 0.385 e. The van der Waals surface area contributed by atoms with Crippen LogP contribution in [0.25, 0.3) is 0 Å². The van der Waals surface area contributed by atoms with Gasteiger partial charge in [-0.05, 0) is 30.5 Å². The molecule has 1 aliphatic rings. The Hall–Kier alpha value is -2.37. The van der Waals surface area contributed by atoms with Crippen LogP contribution in [0.5, 0.6) is 0 Å². The van der Waals surface area contributed by atoms with Crippen LogP contribution in [0.15, 0.2) is 30.6 Å². The minimum atomic E-state index is -0.110. The van der Waals surface area contributed by atoms with Gasteiger partial charge in [0.15, 0.2) is 0 Å². The van der Waals surface area contributed by atoms with Crippen LogP contribution in [0, 0.1) is 0 Å². The monoisotopic (exact) mass is 257 g/mol. The number of amides is 1. The third-order valence-corrected chi connectivity index (χ3v) is 3.11. The molecule has 3 rings (SSSR count). The zero-order valence-electron chi connectivity index (χ0n) is 10.5. The van der Waals surface area contributed by atoms with Gasteiger partial charge in [0, 0.05) is 24.1 Å². The molecule has 6 nitrogen and oxygen atoms in total. The molecule has 19 heavy (non-hydrogen) atoms. The molecule has 0 bridgehead atoms. The summed E-state index contributed by atoms with van der Waals surface area (Å²) in [6, 6.07) is 5.98. The number of benzene rings is 1. The Kier molecular flexibility index (Phi) is 3.14. The van der Waals surface area contributed by atoms with Gasteiger partial charge in [0.2, 0.25) is 5.91 Å². The summed E-state index contributed by atoms with van der Waals surface area (Å²) in [5.74, 6) is -0.110. The van der Waals surface area contributed by atoms with Crippen molar-refractivity contribution < 1.29 is 4.79 Å². The van der Waals surface area contributed by atoms with Crippen LogP contribution in [0.1, 0.15) is 12.0 Å². The second-order valence-electron chi connectivity index (χ2n) is 4.55. The van der Waals surface area contributed by atoms with Crippen molar-refractivity contribution in [1.29, 1.82) is 0 Å². The average molecular weight is 257 g/mol. The van der Waals surface area contributed by atoms with Gasteiger partial charge in [0.25, 0.3) is 0 Å². The number of nitrogens with zero attached hydrogens (tertiary/aromatic N) is 3. The van der Waals surface area contributed by atoms with Gasteiger partial charge in [0.1, 0.15) is 6.54 Å². The minimum Gasteiger partial charge on any atom is -0.385 e. The van der Waals surface area contributed by atoms with Crippen molar-refractivity contribution in [3.8, 4) is 0 Å². The Morgan fingerprint density at radius 2 is 2.42 bits per heavy atom. The smallest absolute Gasteiger partial charge is 0.246 e. The molecule has 1 aromatic carbocycles. The fourth-order valence-corrected chi connectivity index (χ4v) is 2.20. The van der Waals surface area contributed by atoms with Crippen LogP contribution >= 0.6 is 0 Å². The predicted octanol–water partition coefficient (Wildman–Crippen LogP) is 1.27. The summed E-state index contributed by atoms with van der Waals surface area (Å²) < 4.78 is 1.49. The molecule has 2 aromatic rings. The lowest BCUT2D eigenvalue weighted by Gasteiger charge is -2.18. The van der Waals surface area contributed by atoms with Gasteiger partial charge in [-0.3, -0.25) is 4.79 Å². The Bertz CT molecular complexity index is 579. The molecule has 98 valence electrons. The zero-order valence-corrected chi connectivity index (χ0v) is 10.5. The maximum Gasteiger partial charge on any atom is 0.246 e. The van der Waals surface area contributed by atoms with Crippen LogP contribution in [-0.4, -0.2) is 27.4 Å². The third kappa shape index (κ3) is 2.73. The first-order chi connectivity index (χ1) is 9.31. The first-order valence-corrected chi connectivity index (χ1v) is 6.32. The van der Waals surface area contributed by atoms with Crippen LogP contribution in [0.4, 0.5) is 11.4 Å². The van der Waals surface area contributed by atoms with E-state index in [-0.39, 0.29) is 12.5 Å². The van der Waals surface area contributed by atoms with Crippen molar-refractivity contribution in [3.05, 3.63) is 36.2 Å². The maximum atomic E-state index is 11.8. The number of hydrogen-bond donors (Lipinski definition) is 2. The number of hydrogen-bond acceptors (Lipinski definition) is 4. The topological polar surface area (TPSA) is 71.8 Å². The van der Waals surface area contributed by atoms with Gasteiger partial charge >= 0.3 is 0 Å².